The Balaban J connectivity index is 2.66. The maximum Gasteiger partial charge on any atom is 0.411 e. The summed E-state index contributed by atoms with van der Waals surface area (Å²) in [6.45, 7) is -2.25. The van der Waals surface area contributed by atoms with Gasteiger partial charge in [0.25, 0.3) is 0 Å². The second-order valence-corrected chi connectivity index (χ2v) is 4.59. The van der Waals surface area contributed by atoms with Crippen molar-refractivity contribution in [2.24, 2.45) is 5.73 Å². The number of hydrogen-bond acceptors (Lipinski definition) is 3. The monoisotopic (exact) mass is 326 g/mol. The molecule has 1 amide bonds. The van der Waals surface area contributed by atoms with Crippen molar-refractivity contribution in [1.82, 2.24) is 0 Å². The van der Waals surface area contributed by atoms with E-state index in [2.05, 4.69) is 10.1 Å². The molecule has 0 radical (unpaired) electrons. The van der Waals surface area contributed by atoms with Gasteiger partial charge in [-0.3, -0.25) is 4.79 Å². The van der Waals surface area contributed by atoms with E-state index in [4.69, 9.17) is 29.6 Å². The molecule has 0 aromatic heterocycles. The Morgan fingerprint density at radius 3 is 2.65 bits per heavy atom. The molecule has 0 bridgehead atoms. The topological polar surface area (TPSA) is 64.3 Å². The Morgan fingerprint density at radius 2 is 2.10 bits per heavy atom. The van der Waals surface area contributed by atoms with Gasteiger partial charge in [0, 0.05) is 10.6 Å². The first-order valence-corrected chi connectivity index (χ1v) is 6.01. The Kier molecular flexibility index (Phi) is 5.73. The van der Waals surface area contributed by atoms with Crippen LogP contribution in [0.25, 0.3) is 0 Å². The van der Waals surface area contributed by atoms with Crippen molar-refractivity contribution in [3.8, 4) is 0 Å². The maximum absolute atomic E-state index is 11.8. The highest BCUT2D eigenvalue weighted by molar-refractivity contribution is 7.80. The fourth-order valence-electron chi connectivity index (χ4n) is 1.28. The number of benzene rings is 1. The predicted molar refractivity (Wildman–Crippen MR) is 72.8 cm³/mol. The van der Waals surface area contributed by atoms with Crippen LogP contribution in [-0.2, 0) is 9.53 Å². The molecule has 0 aliphatic heterocycles. The summed E-state index contributed by atoms with van der Waals surface area (Å²) in [7, 11) is 0. The number of thiocarbonyl (C=S) groups is 1. The maximum atomic E-state index is 11.8. The van der Waals surface area contributed by atoms with Crippen LogP contribution >= 0.6 is 23.8 Å². The minimum atomic E-state index is -4.49. The first-order valence-electron chi connectivity index (χ1n) is 5.23. The standard InChI is InChI=1S/C11H10ClF3N2O2S/c12-6-1-2-7(10(16)20)8(3-6)17-9(18)4-19-5-11(13,14)15/h1-3H,4-5H2,(H2,16,20)(H,17,18). The van der Waals surface area contributed by atoms with Crippen molar-refractivity contribution < 1.29 is 22.7 Å². The van der Waals surface area contributed by atoms with Crippen LogP contribution in [0.2, 0.25) is 5.02 Å². The molecule has 1 rings (SSSR count). The number of hydrogen-bond donors (Lipinski definition) is 2. The lowest BCUT2D eigenvalue weighted by Gasteiger charge is -2.11. The van der Waals surface area contributed by atoms with Gasteiger partial charge in [-0.15, -0.1) is 0 Å². The first kappa shape index (κ1) is 16.7. The highest BCUT2D eigenvalue weighted by Crippen LogP contribution is 2.21. The summed E-state index contributed by atoms with van der Waals surface area (Å²) in [6, 6.07) is 4.40. The van der Waals surface area contributed by atoms with Crippen LogP contribution in [0.4, 0.5) is 18.9 Å². The minimum Gasteiger partial charge on any atom is -0.389 e. The van der Waals surface area contributed by atoms with E-state index in [1.165, 1.54) is 18.2 Å². The SMILES string of the molecule is NC(=S)c1ccc(Cl)cc1NC(=O)COCC(F)(F)F. The second-order valence-electron chi connectivity index (χ2n) is 3.71. The zero-order chi connectivity index (χ0) is 15.3. The zero-order valence-electron chi connectivity index (χ0n) is 9.96. The average Bonchev–Trinajstić information content (AvgIpc) is 2.26. The number of carbonyl (C=O) groups excluding carboxylic acids is 1. The molecule has 0 saturated carbocycles. The van der Waals surface area contributed by atoms with Gasteiger partial charge in [0.2, 0.25) is 5.91 Å². The molecule has 0 saturated heterocycles. The normalized spacial score (nSPS) is 11.2. The number of rotatable bonds is 5. The quantitative estimate of drug-likeness (QED) is 0.816. The summed E-state index contributed by atoms with van der Waals surface area (Å²) in [6.07, 6.45) is -4.49. The third-order valence-corrected chi connectivity index (χ3v) is 2.48. The van der Waals surface area contributed by atoms with Crippen LogP contribution in [0.5, 0.6) is 0 Å². The van der Waals surface area contributed by atoms with Gasteiger partial charge in [0.1, 0.15) is 18.2 Å². The summed E-state index contributed by atoms with van der Waals surface area (Å²) in [5.41, 5.74) is 6.02. The number of halogens is 4. The fourth-order valence-corrected chi connectivity index (χ4v) is 1.63. The van der Waals surface area contributed by atoms with E-state index in [-0.39, 0.29) is 10.7 Å². The first-order chi connectivity index (χ1) is 9.19. The highest BCUT2D eigenvalue weighted by atomic mass is 35.5. The summed E-state index contributed by atoms with van der Waals surface area (Å²) in [5, 5.41) is 2.65. The molecule has 20 heavy (non-hydrogen) atoms. The molecule has 0 unspecified atom stereocenters. The Morgan fingerprint density at radius 1 is 1.45 bits per heavy atom. The third-order valence-electron chi connectivity index (χ3n) is 2.02. The van der Waals surface area contributed by atoms with Crippen LogP contribution in [-0.4, -0.2) is 30.3 Å². The van der Waals surface area contributed by atoms with Crippen LogP contribution < -0.4 is 11.1 Å². The number of amides is 1. The van der Waals surface area contributed by atoms with E-state index < -0.39 is 25.3 Å². The van der Waals surface area contributed by atoms with Crippen molar-refractivity contribution in [3.05, 3.63) is 28.8 Å². The molecule has 0 aliphatic rings. The number of nitrogens with one attached hydrogen (secondary N) is 1. The lowest BCUT2D eigenvalue weighted by atomic mass is 10.2. The van der Waals surface area contributed by atoms with Gasteiger partial charge >= 0.3 is 6.18 Å². The largest absolute Gasteiger partial charge is 0.411 e. The molecule has 0 fully saturated rings. The molecular formula is C11H10ClF3N2O2S. The molecule has 0 atom stereocenters. The number of anilines is 1. The molecule has 9 heteroatoms. The molecule has 0 heterocycles. The van der Waals surface area contributed by atoms with Crippen LogP contribution in [0, 0.1) is 0 Å². The average molecular weight is 327 g/mol. The minimum absolute atomic E-state index is 0.0215. The van der Waals surface area contributed by atoms with Gasteiger partial charge in [0.15, 0.2) is 0 Å². The van der Waals surface area contributed by atoms with Gasteiger partial charge in [-0.2, -0.15) is 13.2 Å². The van der Waals surface area contributed by atoms with Gasteiger partial charge < -0.3 is 15.8 Å². The van der Waals surface area contributed by atoms with Crippen LogP contribution in [0.3, 0.4) is 0 Å². The van der Waals surface area contributed by atoms with Crippen LogP contribution in [0.15, 0.2) is 18.2 Å². The van der Waals surface area contributed by atoms with Crippen molar-refractivity contribution in [2.75, 3.05) is 18.5 Å². The summed E-state index contributed by atoms with van der Waals surface area (Å²) in [4.78, 5) is 11.5. The van der Waals surface area contributed by atoms with E-state index in [9.17, 15) is 18.0 Å². The van der Waals surface area contributed by atoms with E-state index in [1.807, 2.05) is 0 Å². The van der Waals surface area contributed by atoms with Gasteiger partial charge in [-0.25, -0.2) is 0 Å². The molecule has 0 spiro atoms. The summed E-state index contributed by atoms with van der Waals surface area (Å²) < 4.78 is 39.8. The van der Waals surface area contributed by atoms with E-state index in [1.54, 1.807) is 0 Å². The lowest BCUT2D eigenvalue weighted by Crippen LogP contribution is -2.25. The third kappa shape index (κ3) is 5.72. The fraction of sp³-hybridized carbons (Fsp3) is 0.273. The molecule has 110 valence electrons. The molecule has 1 aromatic carbocycles. The van der Waals surface area contributed by atoms with Gasteiger partial charge in [0.05, 0.1) is 5.69 Å². The Labute approximate surface area is 123 Å². The summed E-state index contributed by atoms with van der Waals surface area (Å²) in [5.74, 6) is -0.769. The Bertz CT molecular complexity index is 523. The number of alkyl halides is 3. The van der Waals surface area contributed by atoms with Crippen molar-refractivity contribution in [3.63, 3.8) is 0 Å². The lowest BCUT2D eigenvalue weighted by molar-refractivity contribution is -0.174. The van der Waals surface area contributed by atoms with Crippen molar-refractivity contribution in [2.45, 2.75) is 6.18 Å². The molecule has 4 nitrogen and oxygen atoms in total. The van der Waals surface area contributed by atoms with E-state index in [0.29, 0.717) is 10.6 Å². The summed E-state index contributed by atoms with van der Waals surface area (Å²) >= 11 is 10.5. The van der Waals surface area contributed by atoms with Gasteiger partial charge in [-0.05, 0) is 18.2 Å². The second kappa shape index (κ2) is 6.87. The molecular weight excluding hydrogens is 317 g/mol. The van der Waals surface area contributed by atoms with E-state index >= 15 is 0 Å². The molecule has 1 aromatic rings. The highest BCUT2D eigenvalue weighted by Gasteiger charge is 2.27. The Hall–Kier alpha value is -1.38. The number of ether oxygens (including phenoxy) is 1. The van der Waals surface area contributed by atoms with Crippen molar-refractivity contribution in [1.29, 1.82) is 0 Å². The predicted octanol–water partition coefficient (Wildman–Crippen LogP) is 2.49. The van der Waals surface area contributed by atoms with Crippen LogP contribution in [0.1, 0.15) is 5.56 Å². The number of nitrogens with two attached hydrogens (primary N) is 1. The zero-order valence-corrected chi connectivity index (χ0v) is 11.5. The van der Waals surface area contributed by atoms with Crippen molar-refractivity contribution >= 4 is 40.4 Å². The van der Waals surface area contributed by atoms with Gasteiger partial charge in [-0.1, -0.05) is 23.8 Å². The smallest absolute Gasteiger partial charge is 0.389 e. The molecule has 3 N–H and O–H groups in total. The molecule has 0 aliphatic carbocycles. The van der Waals surface area contributed by atoms with E-state index in [0.717, 1.165) is 0 Å². The number of carbonyl (C=O) groups is 1.